The van der Waals surface area contributed by atoms with Gasteiger partial charge in [-0.2, -0.15) is 0 Å². The van der Waals surface area contributed by atoms with Crippen molar-refractivity contribution in [3.05, 3.63) is 30.3 Å². The molecular weight excluding hydrogens is 264 g/mol. The van der Waals surface area contributed by atoms with E-state index in [9.17, 15) is 0 Å². The van der Waals surface area contributed by atoms with Crippen LogP contribution in [-0.2, 0) is 4.74 Å². The Bertz CT molecular complexity index is 367. The second kappa shape index (κ2) is 7.61. The van der Waals surface area contributed by atoms with Gasteiger partial charge in [-0.25, -0.2) is 0 Å². The van der Waals surface area contributed by atoms with Crippen LogP contribution in [0.4, 0.5) is 0 Å². The summed E-state index contributed by atoms with van der Waals surface area (Å²) in [5.74, 6) is 1.02. The standard InChI is InChI=1S/C13H18N2OS2/c17-13(15-7-9-16-10-8-15)14-6-11-18-12-4-2-1-3-5-12/h1-5H,6-11H2,(H,14,17). The third kappa shape index (κ3) is 4.48. The summed E-state index contributed by atoms with van der Waals surface area (Å²) in [4.78, 5) is 3.48. The third-order valence-electron chi connectivity index (χ3n) is 2.69. The molecule has 0 saturated carbocycles. The summed E-state index contributed by atoms with van der Waals surface area (Å²) in [5, 5.41) is 4.16. The molecule has 1 saturated heterocycles. The average Bonchev–Trinajstić information content (AvgIpc) is 2.45. The highest BCUT2D eigenvalue weighted by atomic mass is 32.2. The lowest BCUT2D eigenvalue weighted by molar-refractivity contribution is 0.0677. The van der Waals surface area contributed by atoms with E-state index in [1.807, 2.05) is 17.8 Å². The van der Waals surface area contributed by atoms with E-state index in [1.54, 1.807) is 0 Å². The molecule has 0 spiro atoms. The first-order chi connectivity index (χ1) is 8.86. The predicted molar refractivity (Wildman–Crippen MR) is 80.2 cm³/mol. The van der Waals surface area contributed by atoms with Crippen molar-refractivity contribution in [1.82, 2.24) is 10.2 Å². The van der Waals surface area contributed by atoms with Crippen molar-refractivity contribution in [1.29, 1.82) is 0 Å². The van der Waals surface area contributed by atoms with Crippen LogP contribution >= 0.6 is 24.0 Å². The number of nitrogens with zero attached hydrogens (tertiary/aromatic N) is 1. The topological polar surface area (TPSA) is 24.5 Å². The molecule has 2 rings (SSSR count). The Hall–Kier alpha value is -0.780. The van der Waals surface area contributed by atoms with Gasteiger partial charge in [0.25, 0.3) is 0 Å². The number of morpholine rings is 1. The smallest absolute Gasteiger partial charge is 0.169 e. The molecule has 0 amide bonds. The first kappa shape index (κ1) is 13.6. The second-order valence-electron chi connectivity index (χ2n) is 3.99. The summed E-state index contributed by atoms with van der Waals surface area (Å²) >= 11 is 7.20. The molecule has 1 heterocycles. The minimum atomic E-state index is 0.778. The molecule has 0 aliphatic carbocycles. The molecule has 98 valence electrons. The lowest BCUT2D eigenvalue weighted by Gasteiger charge is -2.29. The minimum Gasteiger partial charge on any atom is -0.378 e. The minimum absolute atomic E-state index is 0.778. The van der Waals surface area contributed by atoms with Crippen LogP contribution in [0.1, 0.15) is 0 Å². The molecule has 0 atom stereocenters. The van der Waals surface area contributed by atoms with Crippen LogP contribution in [0.5, 0.6) is 0 Å². The Morgan fingerprint density at radius 3 is 2.72 bits per heavy atom. The number of benzene rings is 1. The van der Waals surface area contributed by atoms with Crippen LogP contribution in [0.3, 0.4) is 0 Å². The van der Waals surface area contributed by atoms with Crippen LogP contribution in [0.15, 0.2) is 35.2 Å². The molecule has 0 bridgehead atoms. The second-order valence-corrected chi connectivity index (χ2v) is 5.55. The van der Waals surface area contributed by atoms with Crippen LogP contribution in [-0.4, -0.2) is 48.6 Å². The Kier molecular flexibility index (Phi) is 5.77. The van der Waals surface area contributed by atoms with Crippen molar-refractivity contribution in [2.45, 2.75) is 4.90 Å². The van der Waals surface area contributed by atoms with E-state index in [0.29, 0.717) is 0 Å². The maximum atomic E-state index is 5.35. The number of ether oxygens (including phenoxy) is 1. The van der Waals surface area contributed by atoms with E-state index in [-0.39, 0.29) is 0 Å². The number of hydrogen-bond donors (Lipinski definition) is 1. The van der Waals surface area contributed by atoms with Gasteiger partial charge in [-0.3, -0.25) is 0 Å². The van der Waals surface area contributed by atoms with Gasteiger partial charge in [0.05, 0.1) is 13.2 Å². The predicted octanol–water partition coefficient (Wildman–Crippen LogP) is 1.99. The first-order valence-corrected chi connectivity index (χ1v) is 7.54. The highest BCUT2D eigenvalue weighted by Crippen LogP contribution is 2.15. The lowest BCUT2D eigenvalue weighted by Crippen LogP contribution is -2.46. The van der Waals surface area contributed by atoms with Gasteiger partial charge in [-0.15, -0.1) is 11.8 Å². The van der Waals surface area contributed by atoms with Gasteiger partial charge >= 0.3 is 0 Å². The fourth-order valence-electron chi connectivity index (χ4n) is 1.72. The van der Waals surface area contributed by atoms with E-state index in [0.717, 1.165) is 43.7 Å². The van der Waals surface area contributed by atoms with Crippen molar-refractivity contribution in [2.24, 2.45) is 0 Å². The largest absolute Gasteiger partial charge is 0.378 e. The third-order valence-corrected chi connectivity index (χ3v) is 4.10. The molecule has 1 fully saturated rings. The van der Waals surface area contributed by atoms with Crippen LogP contribution in [0.25, 0.3) is 0 Å². The molecule has 3 nitrogen and oxygen atoms in total. The van der Waals surface area contributed by atoms with Crippen LogP contribution < -0.4 is 5.32 Å². The Morgan fingerprint density at radius 2 is 2.00 bits per heavy atom. The normalized spacial score (nSPS) is 15.4. The van der Waals surface area contributed by atoms with Crippen molar-refractivity contribution >= 4 is 29.1 Å². The number of rotatable bonds is 4. The molecule has 1 N–H and O–H groups in total. The quantitative estimate of drug-likeness (QED) is 0.517. The molecule has 1 aromatic carbocycles. The molecule has 18 heavy (non-hydrogen) atoms. The van der Waals surface area contributed by atoms with Gasteiger partial charge in [-0.1, -0.05) is 18.2 Å². The van der Waals surface area contributed by atoms with Crippen LogP contribution in [0.2, 0.25) is 0 Å². The number of hydrogen-bond acceptors (Lipinski definition) is 3. The molecule has 1 aliphatic rings. The molecule has 0 unspecified atom stereocenters. The van der Waals surface area contributed by atoms with E-state index in [4.69, 9.17) is 17.0 Å². The zero-order valence-electron chi connectivity index (χ0n) is 10.3. The zero-order valence-corrected chi connectivity index (χ0v) is 11.9. The van der Waals surface area contributed by atoms with Crippen molar-refractivity contribution in [2.75, 3.05) is 38.6 Å². The molecule has 1 aliphatic heterocycles. The van der Waals surface area contributed by atoms with Crippen LogP contribution in [0, 0.1) is 0 Å². The first-order valence-electron chi connectivity index (χ1n) is 6.14. The Labute approximate surface area is 118 Å². The fraction of sp³-hybridized carbons (Fsp3) is 0.462. The number of nitrogens with one attached hydrogen (secondary N) is 1. The Balaban J connectivity index is 1.61. The van der Waals surface area contributed by atoms with Crippen molar-refractivity contribution in [3.8, 4) is 0 Å². The Morgan fingerprint density at radius 1 is 1.28 bits per heavy atom. The highest BCUT2D eigenvalue weighted by Gasteiger charge is 2.12. The van der Waals surface area contributed by atoms with Crippen molar-refractivity contribution < 1.29 is 4.74 Å². The zero-order chi connectivity index (χ0) is 12.6. The monoisotopic (exact) mass is 282 g/mol. The van der Waals surface area contributed by atoms with E-state index < -0.39 is 0 Å². The number of thioether (sulfide) groups is 1. The fourth-order valence-corrected chi connectivity index (χ4v) is 2.80. The van der Waals surface area contributed by atoms with Gasteiger partial charge in [0, 0.05) is 30.3 Å². The average molecular weight is 282 g/mol. The van der Waals surface area contributed by atoms with E-state index in [1.165, 1.54) is 4.90 Å². The lowest BCUT2D eigenvalue weighted by atomic mass is 10.4. The van der Waals surface area contributed by atoms with Gasteiger partial charge in [-0.05, 0) is 24.4 Å². The molecular formula is C13H18N2OS2. The summed E-state index contributed by atoms with van der Waals surface area (Å²) in [6, 6.07) is 10.4. The van der Waals surface area contributed by atoms with Gasteiger partial charge < -0.3 is 15.0 Å². The van der Waals surface area contributed by atoms with Gasteiger partial charge in [0.2, 0.25) is 0 Å². The SMILES string of the molecule is S=C(NCCSc1ccccc1)N1CCOCC1. The van der Waals surface area contributed by atoms with E-state index >= 15 is 0 Å². The molecule has 0 aromatic heterocycles. The summed E-state index contributed by atoms with van der Waals surface area (Å²) in [5.41, 5.74) is 0. The van der Waals surface area contributed by atoms with Crippen molar-refractivity contribution in [3.63, 3.8) is 0 Å². The van der Waals surface area contributed by atoms with Gasteiger partial charge in [0.15, 0.2) is 5.11 Å². The van der Waals surface area contributed by atoms with Gasteiger partial charge in [0.1, 0.15) is 0 Å². The summed E-state index contributed by atoms with van der Waals surface area (Å²) in [6.07, 6.45) is 0. The summed E-state index contributed by atoms with van der Waals surface area (Å²) in [6.45, 7) is 4.26. The molecule has 5 heteroatoms. The molecule has 1 aromatic rings. The maximum absolute atomic E-state index is 5.35. The summed E-state index contributed by atoms with van der Waals surface area (Å²) < 4.78 is 5.30. The highest BCUT2D eigenvalue weighted by molar-refractivity contribution is 7.99. The van der Waals surface area contributed by atoms with E-state index in [2.05, 4.69) is 34.5 Å². The molecule has 0 radical (unpaired) electrons. The maximum Gasteiger partial charge on any atom is 0.169 e. The number of thiocarbonyl (C=S) groups is 1. The summed E-state index contributed by atoms with van der Waals surface area (Å²) in [7, 11) is 0.